The summed E-state index contributed by atoms with van der Waals surface area (Å²) >= 11 is 12.0. The molecule has 8 heteroatoms. The highest BCUT2D eigenvalue weighted by atomic mass is 35.5. The Labute approximate surface area is 173 Å². The third kappa shape index (κ3) is 4.56. The number of carboxylic acid groups (broad SMARTS) is 1. The van der Waals surface area contributed by atoms with Gasteiger partial charge in [0.1, 0.15) is 5.75 Å². The number of alkyl halides is 2. The molecule has 0 aliphatic carbocycles. The highest BCUT2D eigenvalue weighted by molar-refractivity contribution is 6.56. The van der Waals surface area contributed by atoms with Gasteiger partial charge in [0, 0.05) is 5.56 Å². The molecule has 0 aliphatic heterocycles. The van der Waals surface area contributed by atoms with Crippen LogP contribution in [0.2, 0.25) is 0 Å². The van der Waals surface area contributed by atoms with Gasteiger partial charge in [-0.2, -0.15) is 0 Å². The van der Waals surface area contributed by atoms with Crippen molar-refractivity contribution < 1.29 is 28.8 Å². The lowest BCUT2D eigenvalue weighted by Crippen LogP contribution is -2.23. The molecule has 1 N–H and O–H groups in total. The minimum atomic E-state index is -2.10. The fraction of sp³-hybridized carbons (Fsp3) is 0.350. The molecule has 152 valence electrons. The Balaban J connectivity index is 2.31. The van der Waals surface area contributed by atoms with Crippen LogP contribution in [0.25, 0.3) is 0 Å². The van der Waals surface area contributed by atoms with Gasteiger partial charge in [-0.1, -0.05) is 29.3 Å². The molecule has 0 amide bonds. The number of aliphatic carboxylic acids is 1. The molecular weight excluding hydrogens is 407 g/mol. The normalized spacial score (nSPS) is 11.1. The second-order valence-electron chi connectivity index (χ2n) is 5.95. The van der Waals surface area contributed by atoms with Crippen LogP contribution in [0.3, 0.4) is 0 Å². The van der Waals surface area contributed by atoms with Gasteiger partial charge in [0.2, 0.25) is 10.1 Å². The van der Waals surface area contributed by atoms with E-state index in [0.717, 1.165) is 11.1 Å². The van der Waals surface area contributed by atoms with Crippen molar-refractivity contribution in [1.82, 2.24) is 0 Å². The Morgan fingerprint density at radius 1 is 0.857 bits per heavy atom. The van der Waals surface area contributed by atoms with Crippen LogP contribution in [-0.4, -0.2) is 39.5 Å². The van der Waals surface area contributed by atoms with Crippen LogP contribution in [0.4, 0.5) is 0 Å². The Morgan fingerprint density at radius 2 is 1.39 bits per heavy atom. The van der Waals surface area contributed by atoms with Crippen LogP contribution >= 0.6 is 23.2 Å². The van der Waals surface area contributed by atoms with E-state index in [-0.39, 0.29) is 5.56 Å². The summed E-state index contributed by atoms with van der Waals surface area (Å²) in [5.74, 6) is 0.605. The first-order valence-corrected chi connectivity index (χ1v) is 9.11. The predicted octanol–water partition coefficient (Wildman–Crippen LogP) is 4.22. The lowest BCUT2D eigenvalue weighted by Gasteiger charge is -2.19. The highest BCUT2D eigenvalue weighted by Crippen LogP contribution is 2.41. The second-order valence-corrected chi connectivity index (χ2v) is 7.28. The van der Waals surface area contributed by atoms with Crippen molar-refractivity contribution in [3.63, 3.8) is 0 Å². The molecule has 6 nitrogen and oxygen atoms in total. The standard InChI is InChI=1S/C20H22Cl2O6/c1-25-15-8-7-12(9-14(15)20(21,22)19(23)24)5-6-13-10-16(26-2)18(28-4)17(11-13)27-3/h7-11H,5-6H2,1-4H3,(H,23,24). The number of hydrogen-bond acceptors (Lipinski definition) is 5. The number of carbonyl (C=O) groups is 1. The zero-order chi connectivity index (χ0) is 20.9. The minimum Gasteiger partial charge on any atom is -0.496 e. The van der Waals surface area contributed by atoms with E-state index in [1.54, 1.807) is 33.5 Å². The quantitative estimate of drug-likeness (QED) is 0.602. The maximum absolute atomic E-state index is 11.4. The van der Waals surface area contributed by atoms with E-state index >= 15 is 0 Å². The SMILES string of the molecule is COc1ccc(CCc2cc(OC)c(OC)c(OC)c2)cc1C(Cl)(Cl)C(=O)O. The van der Waals surface area contributed by atoms with Gasteiger partial charge in [-0.25, -0.2) is 4.79 Å². The van der Waals surface area contributed by atoms with Gasteiger partial charge >= 0.3 is 5.97 Å². The number of carboxylic acids is 1. The summed E-state index contributed by atoms with van der Waals surface area (Å²) in [4.78, 5) is 11.4. The summed E-state index contributed by atoms with van der Waals surface area (Å²) in [6.07, 6.45) is 1.26. The molecule has 0 spiro atoms. The van der Waals surface area contributed by atoms with Gasteiger partial charge < -0.3 is 24.1 Å². The highest BCUT2D eigenvalue weighted by Gasteiger charge is 2.38. The van der Waals surface area contributed by atoms with Crippen LogP contribution in [0, 0.1) is 0 Å². The van der Waals surface area contributed by atoms with Gasteiger partial charge in [0.05, 0.1) is 28.4 Å². The monoisotopic (exact) mass is 428 g/mol. The lowest BCUT2D eigenvalue weighted by atomic mass is 10.00. The largest absolute Gasteiger partial charge is 0.496 e. The third-order valence-electron chi connectivity index (χ3n) is 4.30. The number of aryl methyl sites for hydroxylation is 2. The third-order valence-corrected chi connectivity index (χ3v) is 5.03. The van der Waals surface area contributed by atoms with Crippen LogP contribution in [0.15, 0.2) is 30.3 Å². The van der Waals surface area contributed by atoms with Crippen LogP contribution < -0.4 is 18.9 Å². The van der Waals surface area contributed by atoms with Crippen LogP contribution in [0.5, 0.6) is 23.0 Å². The van der Waals surface area contributed by atoms with Gasteiger partial charge in [-0.3, -0.25) is 0 Å². The van der Waals surface area contributed by atoms with E-state index in [1.165, 1.54) is 7.11 Å². The Morgan fingerprint density at radius 3 is 1.86 bits per heavy atom. The Bertz CT molecular complexity index is 826. The van der Waals surface area contributed by atoms with E-state index in [2.05, 4.69) is 0 Å². The molecule has 2 aromatic rings. The van der Waals surface area contributed by atoms with Crippen LogP contribution in [0.1, 0.15) is 16.7 Å². The summed E-state index contributed by atoms with van der Waals surface area (Å²) in [6, 6.07) is 8.88. The molecular formula is C20H22Cl2O6. The molecule has 0 aliphatic rings. The van der Waals surface area contributed by atoms with Crippen molar-refractivity contribution in [3.05, 3.63) is 47.0 Å². The second kappa shape index (κ2) is 9.26. The summed E-state index contributed by atoms with van der Waals surface area (Å²) in [5, 5.41) is 9.32. The van der Waals surface area contributed by atoms with Gasteiger partial charge in [-0.05, 0) is 48.2 Å². The number of ether oxygens (including phenoxy) is 4. The number of hydrogen-bond donors (Lipinski definition) is 1. The van der Waals surface area contributed by atoms with Crippen molar-refractivity contribution in [2.24, 2.45) is 0 Å². The first kappa shape index (κ1) is 22.0. The van der Waals surface area contributed by atoms with E-state index in [0.29, 0.717) is 35.8 Å². The average Bonchev–Trinajstić information content (AvgIpc) is 2.70. The van der Waals surface area contributed by atoms with E-state index in [4.69, 9.17) is 42.1 Å². The molecule has 0 saturated carbocycles. The molecule has 0 fully saturated rings. The fourth-order valence-electron chi connectivity index (χ4n) is 2.84. The Kier molecular flexibility index (Phi) is 7.27. The van der Waals surface area contributed by atoms with Gasteiger partial charge in [-0.15, -0.1) is 0 Å². The van der Waals surface area contributed by atoms with Crippen molar-refractivity contribution in [2.75, 3.05) is 28.4 Å². The summed E-state index contributed by atoms with van der Waals surface area (Å²) < 4.78 is 19.2. The molecule has 0 atom stereocenters. The molecule has 28 heavy (non-hydrogen) atoms. The van der Waals surface area contributed by atoms with Crippen molar-refractivity contribution in [2.45, 2.75) is 17.2 Å². The number of benzene rings is 2. The average molecular weight is 429 g/mol. The first-order valence-electron chi connectivity index (χ1n) is 8.36. The fourth-order valence-corrected chi connectivity index (χ4v) is 3.13. The molecule has 0 unspecified atom stereocenters. The zero-order valence-corrected chi connectivity index (χ0v) is 17.6. The summed E-state index contributed by atoms with van der Waals surface area (Å²) in [5.41, 5.74) is 2.01. The van der Waals surface area contributed by atoms with E-state index in [9.17, 15) is 9.90 Å². The lowest BCUT2D eigenvalue weighted by molar-refractivity contribution is -0.138. The van der Waals surface area contributed by atoms with Crippen molar-refractivity contribution in [1.29, 1.82) is 0 Å². The molecule has 0 aromatic heterocycles. The molecule has 0 radical (unpaired) electrons. The molecule has 0 heterocycles. The van der Waals surface area contributed by atoms with Crippen molar-refractivity contribution in [3.8, 4) is 23.0 Å². The Hall–Kier alpha value is -2.31. The summed E-state index contributed by atoms with van der Waals surface area (Å²) in [7, 11) is 6.10. The zero-order valence-electron chi connectivity index (χ0n) is 16.0. The van der Waals surface area contributed by atoms with E-state index in [1.807, 2.05) is 18.2 Å². The van der Waals surface area contributed by atoms with Crippen LogP contribution in [-0.2, 0) is 22.0 Å². The van der Waals surface area contributed by atoms with Gasteiger partial charge in [0.15, 0.2) is 11.5 Å². The maximum atomic E-state index is 11.4. The minimum absolute atomic E-state index is 0.188. The molecule has 0 bridgehead atoms. The molecule has 0 saturated heterocycles. The molecule has 2 aromatic carbocycles. The predicted molar refractivity (Wildman–Crippen MR) is 108 cm³/mol. The number of halogens is 2. The number of rotatable bonds is 9. The number of methoxy groups -OCH3 is 4. The summed E-state index contributed by atoms with van der Waals surface area (Å²) in [6.45, 7) is 0. The molecule has 2 rings (SSSR count). The van der Waals surface area contributed by atoms with E-state index < -0.39 is 10.3 Å². The topological polar surface area (TPSA) is 74.2 Å². The van der Waals surface area contributed by atoms with Gasteiger partial charge in [0.25, 0.3) is 0 Å². The smallest absolute Gasteiger partial charge is 0.345 e. The van der Waals surface area contributed by atoms with Crippen molar-refractivity contribution >= 4 is 29.2 Å². The maximum Gasteiger partial charge on any atom is 0.345 e. The first-order chi connectivity index (χ1) is 13.3.